The van der Waals surface area contributed by atoms with Gasteiger partial charge in [-0.2, -0.15) is 0 Å². The molecule has 4 nitrogen and oxygen atoms in total. The lowest BCUT2D eigenvalue weighted by molar-refractivity contribution is -0.133. The summed E-state index contributed by atoms with van der Waals surface area (Å²) in [5.74, 6) is 0.327. The van der Waals surface area contributed by atoms with Crippen LogP contribution in [-0.2, 0) is 4.79 Å². The van der Waals surface area contributed by atoms with Crippen LogP contribution >= 0.6 is 0 Å². The van der Waals surface area contributed by atoms with Gasteiger partial charge in [-0.1, -0.05) is 13.3 Å². The topological polar surface area (TPSA) is 49.6 Å². The largest absolute Gasteiger partial charge is 0.340 e. The standard InChI is InChI=1S/C12H25N3O/c1-2-14-8-10-15(11-9-14)12(16)6-4-3-5-7-13/h2-11,13H2,1H3. The molecule has 0 unspecified atom stereocenters. The summed E-state index contributed by atoms with van der Waals surface area (Å²) in [6.07, 6.45) is 3.81. The zero-order chi connectivity index (χ0) is 11.8. The summed E-state index contributed by atoms with van der Waals surface area (Å²) in [6, 6.07) is 0. The average Bonchev–Trinajstić information content (AvgIpc) is 2.34. The molecule has 94 valence electrons. The van der Waals surface area contributed by atoms with Crippen molar-refractivity contribution >= 4 is 5.91 Å². The number of nitrogens with two attached hydrogens (primary N) is 1. The smallest absolute Gasteiger partial charge is 0.222 e. The third kappa shape index (κ3) is 4.49. The van der Waals surface area contributed by atoms with Crippen LogP contribution in [0, 0.1) is 0 Å². The highest BCUT2D eigenvalue weighted by molar-refractivity contribution is 5.76. The molecule has 0 spiro atoms. The molecule has 1 saturated heterocycles. The monoisotopic (exact) mass is 227 g/mol. The fourth-order valence-corrected chi connectivity index (χ4v) is 2.07. The van der Waals surface area contributed by atoms with Gasteiger partial charge in [0.1, 0.15) is 0 Å². The SMILES string of the molecule is CCN1CCN(C(=O)CCCCCN)CC1. The molecule has 1 fully saturated rings. The van der Waals surface area contributed by atoms with Crippen molar-refractivity contribution in [1.29, 1.82) is 0 Å². The van der Waals surface area contributed by atoms with E-state index in [1.165, 1.54) is 0 Å². The predicted molar refractivity (Wildman–Crippen MR) is 66.2 cm³/mol. The van der Waals surface area contributed by atoms with E-state index in [0.717, 1.165) is 58.5 Å². The van der Waals surface area contributed by atoms with Crippen LogP contribution in [0.1, 0.15) is 32.6 Å². The van der Waals surface area contributed by atoms with E-state index >= 15 is 0 Å². The number of carbonyl (C=O) groups is 1. The second-order valence-corrected chi connectivity index (χ2v) is 4.41. The fraction of sp³-hybridized carbons (Fsp3) is 0.917. The molecule has 0 atom stereocenters. The molecule has 1 heterocycles. The van der Waals surface area contributed by atoms with E-state index in [0.29, 0.717) is 12.3 Å². The third-order valence-corrected chi connectivity index (χ3v) is 3.27. The Morgan fingerprint density at radius 1 is 1.12 bits per heavy atom. The number of rotatable bonds is 6. The molecule has 0 aromatic heterocycles. The Labute approximate surface area is 98.8 Å². The van der Waals surface area contributed by atoms with E-state index in [9.17, 15) is 4.79 Å². The third-order valence-electron chi connectivity index (χ3n) is 3.27. The summed E-state index contributed by atoms with van der Waals surface area (Å²) in [4.78, 5) is 16.2. The van der Waals surface area contributed by atoms with E-state index in [2.05, 4.69) is 11.8 Å². The molecule has 2 N–H and O–H groups in total. The first kappa shape index (κ1) is 13.5. The van der Waals surface area contributed by atoms with Crippen molar-refractivity contribution in [3.63, 3.8) is 0 Å². The highest BCUT2D eigenvalue weighted by Crippen LogP contribution is 2.06. The number of nitrogens with zero attached hydrogens (tertiary/aromatic N) is 2. The number of amides is 1. The van der Waals surface area contributed by atoms with Gasteiger partial charge in [0.2, 0.25) is 5.91 Å². The molecular formula is C12H25N3O. The minimum Gasteiger partial charge on any atom is -0.340 e. The molecule has 16 heavy (non-hydrogen) atoms. The number of piperazine rings is 1. The summed E-state index contributed by atoms with van der Waals surface area (Å²) in [5.41, 5.74) is 5.42. The number of hydrogen-bond donors (Lipinski definition) is 1. The highest BCUT2D eigenvalue weighted by atomic mass is 16.2. The summed E-state index contributed by atoms with van der Waals surface area (Å²) >= 11 is 0. The van der Waals surface area contributed by atoms with Crippen LogP contribution in [0.4, 0.5) is 0 Å². The molecule has 0 aliphatic carbocycles. The van der Waals surface area contributed by atoms with Crippen molar-refractivity contribution in [3.05, 3.63) is 0 Å². The van der Waals surface area contributed by atoms with Crippen molar-refractivity contribution in [3.8, 4) is 0 Å². The van der Waals surface area contributed by atoms with Gasteiger partial charge >= 0.3 is 0 Å². The second kappa shape index (κ2) is 7.63. The van der Waals surface area contributed by atoms with Gasteiger partial charge in [0.05, 0.1) is 0 Å². The van der Waals surface area contributed by atoms with Gasteiger partial charge in [0, 0.05) is 32.6 Å². The number of carbonyl (C=O) groups excluding carboxylic acids is 1. The lowest BCUT2D eigenvalue weighted by Gasteiger charge is -2.34. The Morgan fingerprint density at radius 3 is 2.38 bits per heavy atom. The van der Waals surface area contributed by atoms with Crippen LogP contribution < -0.4 is 5.73 Å². The molecule has 1 aliphatic rings. The molecule has 0 bridgehead atoms. The molecule has 0 saturated carbocycles. The zero-order valence-electron chi connectivity index (χ0n) is 10.5. The maximum absolute atomic E-state index is 11.8. The van der Waals surface area contributed by atoms with Gasteiger partial charge in [-0.25, -0.2) is 0 Å². The summed E-state index contributed by atoms with van der Waals surface area (Å²) in [7, 11) is 0. The van der Waals surface area contributed by atoms with Crippen molar-refractivity contribution in [1.82, 2.24) is 9.80 Å². The molecule has 0 aromatic carbocycles. The lowest BCUT2D eigenvalue weighted by atomic mass is 10.1. The maximum Gasteiger partial charge on any atom is 0.222 e. The number of unbranched alkanes of at least 4 members (excludes halogenated alkanes) is 2. The van der Waals surface area contributed by atoms with Gasteiger partial charge < -0.3 is 15.5 Å². The van der Waals surface area contributed by atoms with Crippen molar-refractivity contribution in [2.75, 3.05) is 39.3 Å². The van der Waals surface area contributed by atoms with Crippen molar-refractivity contribution in [2.45, 2.75) is 32.6 Å². The van der Waals surface area contributed by atoms with Gasteiger partial charge in [-0.05, 0) is 25.9 Å². The molecule has 0 aromatic rings. The first-order chi connectivity index (χ1) is 7.77. The highest BCUT2D eigenvalue weighted by Gasteiger charge is 2.19. The first-order valence-corrected chi connectivity index (χ1v) is 6.48. The summed E-state index contributed by atoms with van der Waals surface area (Å²) in [6.45, 7) is 7.88. The Bertz CT molecular complexity index is 200. The van der Waals surface area contributed by atoms with Crippen LogP contribution in [0.25, 0.3) is 0 Å². The van der Waals surface area contributed by atoms with Gasteiger partial charge in [-0.15, -0.1) is 0 Å². The Morgan fingerprint density at radius 2 is 1.81 bits per heavy atom. The van der Waals surface area contributed by atoms with Crippen molar-refractivity contribution < 1.29 is 4.79 Å². The van der Waals surface area contributed by atoms with Crippen LogP contribution in [0.15, 0.2) is 0 Å². The molecule has 0 radical (unpaired) electrons. The predicted octanol–water partition coefficient (Wildman–Crippen LogP) is 0.670. The Kier molecular flexibility index (Phi) is 6.42. The van der Waals surface area contributed by atoms with Crippen LogP contribution in [0.3, 0.4) is 0 Å². The zero-order valence-corrected chi connectivity index (χ0v) is 10.5. The van der Waals surface area contributed by atoms with Crippen LogP contribution in [0.5, 0.6) is 0 Å². The minimum atomic E-state index is 0.327. The molecule has 1 amide bonds. The first-order valence-electron chi connectivity index (χ1n) is 6.48. The van der Waals surface area contributed by atoms with E-state index in [-0.39, 0.29) is 0 Å². The normalized spacial score (nSPS) is 17.8. The lowest BCUT2D eigenvalue weighted by Crippen LogP contribution is -2.48. The molecular weight excluding hydrogens is 202 g/mol. The van der Waals surface area contributed by atoms with E-state index < -0.39 is 0 Å². The van der Waals surface area contributed by atoms with Gasteiger partial charge in [0.15, 0.2) is 0 Å². The molecule has 1 aliphatic heterocycles. The Hall–Kier alpha value is -0.610. The quantitative estimate of drug-likeness (QED) is 0.679. The number of likely N-dealkylation sites (N-methyl/N-ethyl adjacent to an activating group) is 1. The Balaban J connectivity index is 2.13. The minimum absolute atomic E-state index is 0.327. The average molecular weight is 227 g/mol. The van der Waals surface area contributed by atoms with Crippen LogP contribution in [0.2, 0.25) is 0 Å². The molecule has 1 rings (SSSR count). The van der Waals surface area contributed by atoms with E-state index in [1.807, 2.05) is 4.90 Å². The number of hydrogen-bond acceptors (Lipinski definition) is 3. The maximum atomic E-state index is 11.8. The van der Waals surface area contributed by atoms with E-state index in [1.54, 1.807) is 0 Å². The summed E-state index contributed by atoms with van der Waals surface area (Å²) < 4.78 is 0. The fourth-order valence-electron chi connectivity index (χ4n) is 2.07. The molecule has 4 heteroatoms. The van der Waals surface area contributed by atoms with Gasteiger partial charge in [-0.3, -0.25) is 4.79 Å². The second-order valence-electron chi connectivity index (χ2n) is 4.41. The summed E-state index contributed by atoms with van der Waals surface area (Å²) in [5, 5.41) is 0. The van der Waals surface area contributed by atoms with Crippen LogP contribution in [-0.4, -0.2) is 55.0 Å². The van der Waals surface area contributed by atoms with Gasteiger partial charge in [0.25, 0.3) is 0 Å². The van der Waals surface area contributed by atoms with Crippen molar-refractivity contribution in [2.24, 2.45) is 5.73 Å². The van der Waals surface area contributed by atoms with E-state index in [4.69, 9.17) is 5.73 Å².